The molecule has 0 radical (unpaired) electrons. The first-order chi connectivity index (χ1) is 13.7. The van der Waals surface area contributed by atoms with Gasteiger partial charge >= 0.3 is 6.18 Å². The molecule has 2 rings (SSSR count). The van der Waals surface area contributed by atoms with Crippen LogP contribution in [0.4, 0.5) is 13.2 Å². The van der Waals surface area contributed by atoms with E-state index in [9.17, 15) is 21.6 Å². The highest BCUT2D eigenvalue weighted by Gasteiger charge is 2.42. The van der Waals surface area contributed by atoms with Crippen LogP contribution in [-0.2, 0) is 14.8 Å². The Hall–Kier alpha value is -0.340. The van der Waals surface area contributed by atoms with Crippen molar-refractivity contribution in [1.82, 2.24) is 15.4 Å². The largest absolute Gasteiger partial charge is 0.391 e. The van der Waals surface area contributed by atoms with Gasteiger partial charge in [-0.05, 0) is 45.4 Å². The van der Waals surface area contributed by atoms with E-state index in [-0.39, 0.29) is 67.8 Å². The van der Waals surface area contributed by atoms with E-state index in [0.717, 1.165) is 19.3 Å². The van der Waals surface area contributed by atoms with E-state index in [4.69, 9.17) is 4.74 Å². The maximum Gasteiger partial charge on any atom is 0.391 e. The highest BCUT2D eigenvalue weighted by Crippen LogP contribution is 2.37. The van der Waals surface area contributed by atoms with Crippen LogP contribution in [0, 0.1) is 5.92 Å². The van der Waals surface area contributed by atoms with Crippen molar-refractivity contribution in [2.75, 3.05) is 32.0 Å². The second kappa shape index (κ2) is 13.3. The van der Waals surface area contributed by atoms with Gasteiger partial charge in [0.25, 0.3) is 0 Å². The van der Waals surface area contributed by atoms with E-state index in [2.05, 4.69) is 20.3 Å². The minimum absolute atomic E-state index is 0. The number of sulfonamides is 1. The van der Waals surface area contributed by atoms with E-state index in [1.165, 1.54) is 0 Å². The van der Waals surface area contributed by atoms with Crippen LogP contribution in [0.3, 0.4) is 0 Å². The fraction of sp³-hybridized carbons (Fsp3) is 0.944. The van der Waals surface area contributed by atoms with E-state index in [1.807, 2.05) is 6.92 Å². The van der Waals surface area contributed by atoms with Gasteiger partial charge < -0.3 is 15.4 Å². The van der Waals surface area contributed by atoms with Crippen LogP contribution < -0.4 is 15.4 Å². The Morgan fingerprint density at radius 2 is 1.93 bits per heavy atom. The number of hydrogen-bond donors (Lipinski definition) is 3. The molecule has 3 unspecified atom stereocenters. The SMILES string of the molecule is CCNC(=NCCS(=O)(=O)NCC1CCCCO1)NC1CCCC(C(F)(F)F)C1.I. The van der Waals surface area contributed by atoms with E-state index in [1.54, 1.807) is 0 Å². The third-order valence-corrected chi connectivity index (χ3v) is 6.58. The number of ether oxygens (including phenoxy) is 1. The summed E-state index contributed by atoms with van der Waals surface area (Å²) in [4.78, 5) is 4.24. The standard InChI is InChI=1S/C18H33F3N4O3S.HI/c1-2-22-17(25-15-7-5-6-14(12-15)18(19,20)21)23-9-11-29(26,27)24-13-16-8-3-4-10-28-16;/h14-16,24H,2-13H2,1H3,(H2,22,23,25);1H. The van der Waals surface area contributed by atoms with Crippen molar-refractivity contribution in [3.63, 3.8) is 0 Å². The lowest BCUT2D eigenvalue weighted by Gasteiger charge is -2.31. The lowest BCUT2D eigenvalue weighted by atomic mass is 9.85. The summed E-state index contributed by atoms with van der Waals surface area (Å²) in [6, 6.07) is -0.327. The van der Waals surface area contributed by atoms with Crippen molar-refractivity contribution in [1.29, 1.82) is 0 Å². The van der Waals surface area contributed by atoms with Crippen molar-refractivity contribution in [3.05, 3.63) is 0 Å². The fourth-order valence-corrected chi connectivity index (χ4v) is 4.59. The van der Waals surface area contributed by atoms with Crippen molar-refractivity contribution in [2.24, 2.45) is 10.9 Å². The van der Waals surface area contributed by atoms with Crippen LogP contribution in [0.15, 0.2) is 4.99 Å². The van der Waals surface area contributed by atoms with Gasteiger partial charge in [-0.3, -0.25) is 4.99 Å². The number of hydrogen-bond acceptors (Lipinski definition) is 4. The Morgan fingerprint density at radius 1 is 1.17 bits per heavy atom. The van der Waals surface area contributed by atoms with Gasteiger partial charge in [0.1, 0.15) is 0 Å². The summed E-state index contributed by atoms with van der Waals surface area (Å²) in [5, 5.41) is 6.01. The molecule has 1 saturated heterocycles. The number of rotatable bonds is 8. The quantitative estimate of drug-likeness (QED) is 0.237. The van der Waals surface area contributed by atoms with E-state index in [0.29, 0.717) is 32.0 Å². The van der Waals surface area contributed by atoms with Gasteiger partial charge in [-0.15, -0.1) is 24.0 Å². The molecule has 3 N–H and O–H groups in total. The number of guanidine groups is 1. The maximum atomic E-state index is 13.0. The molecule has 0 bridgehead atoms. The average Bonchev–Trinajstić information content (AvgIpc) is 2.67. The lowest BCUT2D eigenvalue weighted by Crippen LogP contribution is -2.47. The van der Waals surface area contributed by atoms with Gasteiger partial charge in [-0.1, -0.05) is 6.42 Å². The zero-order valence-corrected chi connectivity index (χ0v) is 20.5. The van der Waals surface area contributed by atoms with Crippen LogP contribution in [0.25, 0.3) is 0 Å². The first-order valence-corrected chi connectivity index (χ1v) is 12.1. The molecule has 1 aliphatic carbocycles. The van der Waals surface area contributed by atoms with Crippen molar-refractivity contribution < 1.29 is 26.3 Å². The number of halogens is 4. The molecule has 12 heteroatoms. The summed E-state index contributed by atoms with van der Waals surface area (Å²) >= 11 is 0. The molecule has 3 atom stereocenters. The van der Waals surface area contributed by atoms with Crippen LogP contribution >= 0.6 is 24.0 Å². The highest BCUT2D eigenvalue weighted by atomic mass is 127. The van der Waals surface area contributed by atoms with Crippen molar-refractivity contribution in [2.45, 2.75) is 70.2 Å². The Balaban J connectivity index is 0.00000450. The van der Waals surface area contributed by atoms with E-state index >= 15 is 0 Å². The summed E-state index contributed by atoms with van der Waals surface area (Å²) in [6.45, 7) is 3.31. The number of nitrogens with one attached hydrogen (secondary N) is 3. The van der Waals surface area contributed by atoms with Crippen LogP contribution in [0.1, 0.15) is 51.9 Å². The fourth-order valence-electron chi connectivity index (χ4n) is 3.67. The van der Waals surface area contributed by atoms with Gasteiger partial charge in [0.2, 0.25) is 10.0 Å². The molecule has 2 fully saturated rings. The molecule has 0 amide bonds. The maximum absolute atomic E-state index is 13.0. The second-order valence-corrected chi connectivity index (χ2v) is 9.59. The summed E-state index contributed by atoms with van der Waals surface area (Å²) < 4.78 is 71.3. The third kappa shape index (κ3) is 10.3. The molecule has 178 valence electrons. The molecule has 0 aromatic carbocycles. The Kier molecular flexibility index (Phi) is 12.2. The molecule has 0 aromatic heterocycles. The molecule has 1 saturated carbocycles. The van der Waals surface area contributed by atoms with Gasteiger partial charge in [0.05, 0.1) is 24.3 Å². The molecule has 2 aliphatic rings. The highest BCUT2D eigenvalue weighted by molar-refractivity contribution is 14.0. The predicted molar refractivity (Wildman–Crippen MR) is 122 cm³/mol. The smallest absolute Gasteiger partial charge is 0.377 e. The molecule has 0 aromatic rings. The Bertz CT molecular complexity index is 629. The number of aliphatic imine (C=N–C) groups is 1. The minimum atomic E-state index is -4.18. The third-order valence-electron chi connectivity index (χ3n) is 5.26. The number of nitrogens with zero attached hydrogens (tertiary/aromatic N) is 1. The summed E-state index contributed by atoms with van der Waals surface area (Å²) in [7, 11) is -3.49. The van der Waals surface area contributed by atoms with Crippen LogP contribution in [0.5, 0.6) is 0 Å². The van der Waals surface area contributed by atoms with Gasteiger partial charge in [0, 0.05) is 25.7 Å². The predicted octanol–water partition coefficient (Wildman–Crippen LogP) is 2.77. The molecule has 0 spiro atoms. The first kappa shape index (κ1) is 27.7. The van der Waals surface area contributed by atoms with Crippen LogP contribution in [-0.4, -0.2) is 64.7 Å². The molecule has 1 heterocycles. The molecule has 30 heavy (non-hydrogen) atoms. The monoisotopic (exact) mass is 570 g/mol. The summed E-state index contributed by atoms with van der Waals surface area (Å²) in [5.74, 6) is -1.14. The lowest BCUT2D eigenvalue weighted by molar-refractivity contribution is -0.183. The second-order valence-electron chi connectivity index (χ2n) is 7.66. The molecule has 1 aliphatic heterocycles. The average molecular weight is 570 g/mol. The van der Waals surface area contributed by atoms with Crippen molar-refractivity contribution in [3.8, 4) is 0 Å². The Labute approximate surface area is 194 Å². The van der Waals surface area contributed by atoms with Gasteiger partial charge in [-0.25, -0.2) is 13.1 Å². The van der Waals surface area contributed by atoms with Crippen molar-refractivity contribution >= 4 is 40.0 Å². The summed E-state index contributed by atoms with van der Waals surface area (Å²) in [5.41, 5.74) is 0. The molecular weight excluding hydrogens is 536 g/mol. The first-order valence-electron chi connectivity index (χ1n) is 10.4. The van der Waals surface area contributed by atoms with E-state index < -0.39 is 22.1 Å². The normalized spacial score (nSPS) is 26.0. The van der Waals surface area contributed by atoms with Gasteiger partial charge in [0.15, 0.2) is 5.96 Å². The molecule has 7 nitrogen and oxygen atoms in total. The van der Waals surface area contributed by atoms with Crippen LogP contribution in [0.2, 0.25) is 0 Å². The zero-order valence-electron chi connectivity index (χ0n) is 17.3. The Morgan fingerprint density at radius 3 is 2.57 bits per heavy atom. The number of alkyl halides is 3. The minimum Gasteiger partial charge on any atom is -0.377 e. The van der Waals surface area contributed by atoms with Gasteiger partial charge in [-0.2, -0.15) is 13.2 Å². The zero-order chi connectivity index (χ0) is 21.3. The summed E-state index contributed by atoms with van der Waals surface area (Å²) in [6.07, 6.45) is -0.0881. The molecular formula is C18H34F3IN4O3S. The topological polar surface area (TPSA) is 91.8 Å².